The van der Waals surface area contributed by atoms with Crippen molar-refractivity contribution in [1.82, 2.24) is 9.97 Å². The van der Waals surface area contributed by atoms with Gasteiger partial charge in [-0.25, -0.2) is 4.98 Å². The van der Waals surface area contributed by atoms with E-state index in [-0.39, 0.29) is 0 Å². The number of aromatic amines is 1. The number of nitrogens with two attached hydrogens (primary N) is 1. The molecule has 0 bridgehead atoms. The van der Waals surface area contributed by atoms with Gasteiger partial charge in [-0.1, -0.05) is 38.1 Å². The molecule has 0 atom stereocenters. The molecule has 0 saturated heterocycles. The lowest BCUT2D eigenvalue weighted by Gasteiger charge is -2.07. The maximum Gasteiger partial charge on any atom is 0.138 e. The second-order valence-electron chi connectivity index (χ2n) is 5.76. The molecule has 0 aliphatic carbocycles. The zero-order chi connectivity index (χ0) is 19.3. The Morgan fingerprint density at radius 1 is 1.00 bits per heavy atom. The average molecular weight is 366 g/mol. The van der Waals surface area contributed by atoms with Crippen molar-refractivity contribution >= 4 is 34.6 Å². The Morgan fingerprint density at radius 2 is 1.73 bits per heavy atom. The molecule has 4 rings (SSSR count). The lowest BCUT2D eigenvalue weighted by atomic mass is 9.97. The normalized spacial score (nSPS) is 10.1. The molecule has 0 unspecified atom stereocenters. The molecule has 0 spiro atoms. The first-order valence-corrected chi connectivity index (χ1v) is 9.33. The Hall–Kier alpha value is -2.30. The molecule has 2 aromatic heterocycles. The zero-order valence-electron chi connectivity index (χ0n) is 16.1. The molecule has 0 radical (unpaired) electrons. The number of aryl methyl sites for hydroxylation is 2. The van der Waals surface area contributed by atoms with E-state index in [4.69, 9.17) is 0 Å². The summed E-state index contributed by atoms with van der Waals surface area (Å²) in [4.78, 5) is 8.98. The van der Waals surface area contributed by atoms with Crippen LogP contribution >= 0.6 is 12.6 Å². The molecule has 4 aromatic rings. The van der Waals surface area contributed by atoms with E-state index in [9.17, 15) is 0 Å². The number of fused-ring (bicyclic) bond motifs is 3. The van der Waals surface area contributed by atoms with Crippen molar-refractivity contribution in [2.24, 2.45) is 5.73 Å². The standard InChI is InChI=1S/C19H16N2S.C2H6.CH5N/c1-11-8-16-17-15(13-4-3-5-14(22)9-13)7-6-12(2)18(17)21-19(16)20-10-11;2*1-2/h3-10,22H,1-2H3,(H,20,21);1-2H3;2H2,1H3. The summed E-state index contributed by atoms with van der Waals surface area (Å²) in [5.41, 5.74) is 11.4. The highest BCUT2D eigenvalue weighted by Gasteiger charge is 2.13. The quantitative estimate of drug-likeness (QED) is 0.368. The Balaban J connectivity index is 0.000000570. The first-order valence-electron chi connectivity index (χ1n) is 8.88. The van der Waals surface area contributed by atoms with E-state index in [1.807, 2.05) is 32.2 Å². The van der Waals surface area contributed by atoms with Gasteiger partial charge in [0.2, 0.25) is 0 Å². The van der Waals surface area contributed by atoms with Gasteiger partial charge in [0.05, 0.1) is 5.52 Å². The van der Waals surface area contributed by atoms with Gasteiger partial charge in [-0.2, -0.15) is 0 Å². The van der Waals surface area contributed by atoms with Gasteiger partial charge in [-0.3, -0.25) is 0 Å². The van der Waals surface area contributed by atoms with Gasteiger partial charge in [-0.05, 0) is 61.3 Å². The molecule has 0 fully saturated rings. The largest absolute Gasteiger partial charge is 0.339 e. The summed E-state index contributed by atoms with van der Waals surface area (Å²) in [6.07, 6.45) is 1.90. The summed E-state index contributed by atoms with van der Waals surface area (Å²) in [5.74, 6) is 0. The molecule has 0 aliphatic rings. The van der Waals surface area contributed by atoms with Crippen LogP contribution in [0.4, 0.5) is 0 Å². The van der Waals surface area contributed by atoms with Crippen LogP contribution in [0.2, 0.25) is 0 Å². The number of hydrogen-bond acceptors (Lipinski definition) is 3. The molecule has 3 nitrogen and oxygen atoms in total. The molecule has 0 aliphatic heterocycles. The van der Waals surface area contributed by atoms with E-state index >= 15 is 0 Å². The number of pyridine rings is 1. The van der Waals surface area contributed by atoms with Crippen LogP contribution < -0.4 is 5.73 Å². The van der Waals surface area contributed by atoms with Crippen LogP contribution in [0, 0.1) is 13.8 Å². The number of aromatic nitrogens is 2. The van der Waals surface area contributed by atoms with Crippen molar-refractivity contribution in [3.8, 4) is 11.1 Å². The maximum atomic E-state index is 4.54. The first kappa shape index (κ1) is 20.0. The molecule has 2 heterocycles. The Morgan fingerprint density at radius 3 is 2.42 bits per heavy atom. The van der Waals surface area contributed by atoms with Crippen molar-refractivity contribution < 1.29 is 0 Å². The minimum absolute atomic E-state index is 0.943. The third-order valence-corrected chi connectivity index (χ3v) is 4.39. The topological polar surface area (TPSA) is 54.7 Å². The number of thiol groups is 1. The fourth-order valence-electron chi connectivity index (χ4n) is 3.04. The molecular weight excluding hydrogens is 338 g/mol. The van der Waals surface area contributed by atoms with Gasteiger partial charge in [0.25, 0.3) is 0 Å². The smallest absolute Gasteiger partial charge is 0.138 e. The van der Waals surface area contributed by atoms with E-state index in [1.54, 1.807) is 0 Å². The fourth-order valence-corrected chi connectivity index (χ4v) is 3.26. The third kappa shape index (κ3) is 3.76. The molecule has 136 valence electrons. The van der Waals surface area contributed by atoms with Crippen molar-refractivity contribution in [3.63, 3.8) is 0 Å². The number of H-pyrrole nitrogens is 1. The predicted octanol–water partition coefficient (Wildman–Crippen LogP) is 5.89. The molecule has 4 heteroatoms. The minimum Gasteiger partial charge on any atom is -0.339 e. The maximum absolute atomic E-state index is 4.54. The van der Waals surface area contributed by atoms with Gasteiger partial charge in [-0.15, -0.1) is 12.6 Å². The molecule has 2 aromatic carbocycles. The van der Waals surface area contributed by atoms with Gasteiger partial charge in [0.15, 0.2) is 0 Å². The number of rotatable bonds is 1. The summed E-state index contributed by atoms with van der Waals surface area (Å²) < 4.78 is 0. The zero-order valence-corrected chi connectivity index (χ0v) is 17.0. The summed E-state index contributed by atoms with van der Waals surface area (Å²) >= 11 is 4.47. The third-order valence-electron chi connectivity index (χ3n) is 4.11. The average Bonchev–Trinajstić information content (AvgIpc) is 3.05. The molecule has 26 heavy (non-hydrogen) atoms. The lowest BCUT2D eigenvalue weighted by Crippen LogP contribution is -1.83. The minimum atomic E-state index is 0.943. The van der Waals surface area contributed by atoms with Crippen LogP contribution in [0.25, 0.3) is 33.1 Å². The number of hydrogen-bond donors (Lipinski definition) is 3. The van der Waals surface area contributed by atoms with E-state index in [0.717, 1.165) is 16.1 Å². The van der Waals surface area contributed by atoms with E-state index in [0.29, 0.717) is 0 Å². The second-order valence-corrected chi connectivity index (χ2v) is 6.28. The number of benzene rings is 2. The lowest BCUT2D eigenvalue weighted by molar-refractivity contribution is 1.29. The summed E-state index contributed by atoms with van der Waals surface area (Å²) in [6, 6.07) is 14.8. The highest BCUT2D eigenvalue weighted by Crippen LogP contribution is 2.36. The monoisotopic (exact) mass is 365 g/mol. The summed E-state index contributed by atoms with van der Waals surface area (Å²) in [6.45, 7) is 8.21. The highest BCUT2D eigenvalue weighted by atomic mass is 32.1. The van der Waals surface area contributed by atoms with Crippen LogP contribution in [-0.2, 0) is 0 Å². The Kier molecular flexibility index (Phi) is 6.83. The number of nitrogens with zero attached hydrogens (tertiary/aromatic N) is 1. The highest BCUT2D eigenvalue weighted by molar-refractivity contribution is 7.80. The van der Waals surface area contributed by atoms with E-state index < -0.39 is 0 Å². The van der Waals surface area contributed by atoms with Crippen LogP contribution in [0.5, 0.6) is 0 Å². The van der Waals surface area contributed by atoms with Gasteiger partial charge < -0.3 is 10.7 Å². The van der Waals surface area contributed by atoms with Crippen LogP contribution in [-0.4, -0.2) is 17.0 Å². The molecule has 3 N–H and O–H groups in total. The first-order chi connectivity index (χ1) is 12.6. The van der Waals surface area contributed by atoms with Crippen LogP contribution in [0.3, 0.4) is 0 Å². The SMILES string of the molecule is CC.CN.Cc1cnc2[nH]c3c(C)ccc(-c4cccc(S)c4)c3c2c1. The molecule has 0 saturated carbocycles. The number of nitrogens with one attached hydrogen (secondary N) is 1. The molecule has 0 amide bonds. The van der Waals surface area contributed by atoms with Crippen molar-refractivity contribution in [2.75, 3.05) is 7.05 Å². The van der Waals surface area contributed by atoms with Gasteiger partial charge in [0.1, 0.15) is 5.65 Å². The van der Waals surface area contributed by atoms with Crippen molar-refractivity contribution in [3.05, 3.63) is 59.8 Å². The van der Waals surface area contributed by atoms with Gasteiger partial charge in [0, 0.05) is 21.9 Å². The van der Waals surface area contributed by atoms with E-state index in [1.165, 1.54) is 40.1 Å². The van der Waals surface area contributed by atoms with Crippen LogP contribution in [0.15, 0.2) is 53.6 Å². The predicted molar refractivity (Wildman–Crippen MR) is 117 cm³/mol. The van der Waals surface area contributed by atoms with Crippen LogP contribution in [0.1, 0.15) is 25.0 Å². The van der Waals surface area contributed by atoms with Gasteiger partial charge >= 0.3 is 0 Å². The van der Waals surface area contributed by atoms with Crippen molar-refractivity contribution in [1.29, 1.82) is 0 Å². The van der Waals surface area contributed by atoms with Crippen molar-refractivity contribution in [2.45, 2.75) is 32.6 Å². The Labute approximate surface area is 161 Å². The Bertz CT molecular complexity index is 1020. The summed E-state index contributed by atoms with van der Waals surface area (Å²) in [7, 11) is 1.50. The molecular formula is C22H27N3S. The fraction of sp³-hybridized carbons (Fsp3) is 0.227. The second kappa shape index (κ2) is 8.88. The summed E-state index contributed by atoms with van der Waals surface area (Å²) in [5, 5.41) is 2.42. The van der Waals surface area contributed by atoms with E-state index in [2.05, 4.69) is 72.5 Å².